The SMILES string of the molecule is CC(C)(C)OC(=O)NCCCC[C@H](NC(=O)OC(C)(C)C)C(=O)CCCCCC(C)(NC(=O)OC(C)(C)C)C(=O)O. The van der Waals surface area contributed by atoms with Crippen LogP contribution in [0, 0.1) is 0 Å². The summed E-state index contributed by atoms with van der Waals surface area (Å²) in [6, 6.07) is -0.760. The third-order valence-electron chi connectivity index (χ3n) is 5.52. The molecule has 0 bridgehead atoms. The van der Waals surface area contributed by atoms with Crippen molar-refractivity contribution in [3.63, 3.8) is 0 Å². The first-order valence-corrected chi connectivity index (χ1v) is 14.3. The van der Waals surface area contributed by atoms with Gasteiger partial charge in [-0.05, 0) is 101 Å². The fraction of sp³-hybridized carbons (Fsp3) is 0.828. The first kappa shape index (κ1) is 38.0. The Balaban J connectivity index is 4.88. The van der Waals surface area contributed by atoms with Crippen molar-refractivity contribution in [1.29, 1.82) is 0 Å². The molecule has 0 aliphatic rings. The van der Waals surface area contributed by atoms with E-state index in [0.717, 1.165) is 0 Å². The molecule has 2 atom stereocenters. The summed E-state index contributed by atoms with van der Waals surface area (Å²) in [5, 5.41) is 17.4. The lowest BCUT2D eigenvalue weighted by Gasteiger charge is -2.28. The monoisotopic (exact) mass is 587 g/mol. The van der Waals surface area contributed by atoms with Crippen LogP contribution in [0.5, 0.6) is 0 Å². The average molecular weight is 588 g/mol. The number of carboxylic acid groups (broad SMARTS) is 1. The van der Waals surface area contributed by atoms with Gasteiger partial charge in [-0.15, -0.1) is 0 Å². The van der Waals surface area contributed by atoms with Gasteiger partial charge in [-0.1, -0.05) is 12.8 Å². The van der Waals surface area contributed by atoms with E-state index in [4.69, 9.17) is 14.2 Å². The van der Waals surface area contributed by atoms with Crippen LogP contribution in [0.2, 0.25) is 0 Å². The van der Waals surface area contributed by atoms with Crippen molar-refractivity contribution in [2.75, 3.05) is 6.54 Å². The van der Waals surface area contributed by atoms with Crippen LogP contribution in [-0.4, -0.2) is 70.1 Å². The second-order valence-electron chi connectivity index (χ2n) is 13.4. The molecule has 0 radical (unpaired) electrons. The zero-order valence-electron chi connectivity index (χ0n) is 26.7. The van der Waals surface area contributed by atoms with Crippen LogP contribution in [0.4, 0.5) is 14.4 Å². The van der Waals surface area contributed by atoms with E-state index in [9.17, 15) is 29.1 Å². The second kappa shape index (κ2) is 16.4. The van der Waals surface area contributed by atoms with E-state index >= 15 is 0 Å². The maximum Gasteiger partial charge on any atom is 0.408 e. The Morgan fingerprint density at radius 3 is 1.68 bits per heavy atom. The van der Waals surface area contributed by atoms with Crippen LogP contribution in [0.1, 0.15) is 121 Å². The Morgan fingerprint density at radius 1 is 0.659 bits per heavy atom. The highest BCUT2D eigenvalue weighted by atomic mass is 16.6. The van der Waals surface area contributed by atoms with Crippen LogP contribution in [0.15, 0.2) is 0 Å². The molecule has 12 heteroatoms. The van der Waals surface area contributed by atoms with Gasteiger partial charge in [-0.3, -0.25) is 4.79 Å². The highest BCUT2D eigenvalue weighted by Gasteiger charge is 2.36. The zero-order valence-corrected chi connectivity index (χ0v) is 26.7. The molecule has 4 N–H and O–H groups in total. The number of hydrogen-bond donors (Lipinski definition) is 4. The maximum atomic E-state index is 13.0. The fourth-order valence-corrected chi connectivity index (χ4v) is 3.62. The number of carboxylic acids is 1. The Hall–Kier alpha value is -3.05. The number of alkyl carbamates (subject to hydrolysis) is 3. The molecule has 0 aliphatic carbocycles. The first-order valence-electron chi connectivity index (χ1n) is 14.3. The first-order chi connectivity index (χ1) is 18.5. The summed E-state index contributed by atoms with van der Waals surface area (Å²) < 4.78 is 15.7. The highest BCUT2D eigenvalue weighted by molar-refractivity contribution is 5.87. The number of nitrogens with one attached hydrogen (secondary N) is 3. The summed E-state index contributed by atoms with van der Waals surface area (Å²) in [5.41, 5.74) is -3.60. The molecule has 0 saturated heterocycles. The number of hydrogen-bond acceptors (Lipinski definition) is 8. The minimum Gasteiger partial charge on any atom is -0.480 e. The van der Waals surface area contributed by atoms with Gasteiger partial charge in [0.2, 0.25) is 0 Å². The maximum absolute atomic E-state index is 13.0. The second-order valence-corrected chi connectivity index (χ2v) is 13.4. The van der Waals surface area contributed by atoms with Crippen molar-refractivity contribution in [3.05, 3.63) is 0 Å². The van der Waals surface area contributed by atoms with E-state index in [-0.39, 0.29) is 18.6 Å². The lowest BCUT2D eigenvalue weighted by Crippen LogP contribution is -2.53. The van der Waals surface area contributed by atoms with Gasteiger partial charge < -0.3 is 35.3 Å². The number of Topliss-reactive ketones (excluding diaryl/α,β-unsaturated/α-hetero) is 1. The lowest BCUT2D eigenvalue weighted by molar-refractivity contribution is -0.144. The van der Waals surface area contributed by atoms with Crippen molar-refractivity contribution in [3.8, 4) is 0 Å². The van der Waals surface area contributed by atoms with Crippen molar-refractivity contribution in [2.45, 2.75) is 149 Å². The molecule has 1 unspecified atom stereocenters. The minimum absolute atomic E-state index is 0.153. The van der Waals surface area contributed by atoms with Crippen molar-refractivity contribution >= 4 is 30.0 Å². The van der Waals surface area contributed by atoms with Gasteiger partial charge >= 0.3 is 24.2 Å². The van der Waals surface area contributed by atoms with Gasteiger partial charge in [-0.2, -0.15) is 0 Å². The minimum atomic E-state index is -1.51. The van der Waals surface area contributed by atoms with Gasteiger partial charge in [0, 0.05) is 13.0 Å². The largest absolute Gasteiger partial charge is 0.480 e. The number of unbranched alkanes of at least 4 members (excludes halogenated alkanes) is 3. The van der Waals surface area contributed by atoms with E-state index in [1.165, 1.54) is 6.92 Å². The number of rotatable bonds is 15. The van der Waals surface area contributed by atoms with Gasteiger partial charge in [0.1, 0.15) is 22.3 Å². The Bertz CT molecular complexity index is 885. The normalized spacial score (nSPS) is 14.2. The molecule has 0 aromatic heterocycles. The molecule has 0 aromatic rings. The van der Waals surface area contributed by atoms with Gasteiger partial charge in [0.05, 0.1) is 6.04 Å². The summed E-state index contributed by atoms with van der Waals surface area (Å²) in [4.78, 5) is 61.1. The Labute approximate surface area is 245 Å². The predicted octanol–water partition coefficient (Wildman–Crippen LogP) is 5.46. The molecule has 0 aliphatic heterocycles. The lowest BCUT2D eigenvalue weighted by atomic mass is 9.93. The molecule has 0 fully saturated rings. The molecular weight excluding hydrogens is 534 g/mol. The predicted molar refractivity (Wildman–Crippen MR) is 155 cm³/mol. The number of amides is 3. The van der Waals surface area contributed by atoms with E-state index < -0.39 is 52.6 Å². The molecule has 0 saturated carbocycles. The molecule has 0 heterocycles. The Morgan fingerprint density at radius 2 is 1.17 bits per heavy atom. The van der Waals surface area contributed by atoms with E-state index in [0.29, 0.717) is 45.1 Å². The molecule has 12 nitrogen and oxygen atoms in total. The summed E-state index contributed by atoms with van der Waals surface area (Å²) in [7, 11) is 0. The van der Waals surface area contributed by atoms with E-state index in [1.807, 2.05) is 0 Å². The average Bonchev–Trinajstić information content (AvgIpc) is 2.73. The van der Waals surface area contributed by atoms with Crippen LogP contribution in [-0.2, 0) is 23.8 Å². The molecule has 238 valence electrons. The van der Waals surface area contributed by atoms with Crippen LogP contribution >= 0.6 is 0 Å². The standard InChI is InChI=1S/C29H53N3O9/c1-26(2,3)39-23(36)30-19-15-13-16-20(31-24(37)40-27(4,5)6)21(33)17-12-11-14-18-29(10,22(34)35)32-25(38)41-28(7,8)9/h20H,11-19H2,1-10H3,(H,30,36)(H,31,37)(H,32,38)(H,34,35)/t20-,29?/m0/s1. The molecule has 0 rings (SSSR count). The molecular formula is C29H53N3O9. The fourth-order valence-electron chi connectivity index (χ4n) is 3.62. The summed E-state index contributed by atoms with van der Waals surface area (Å²) in [5.74, 6) is -1.34. The van der Waals surface area contributed by atoms with Gasteiger partial charge in [0.15, 0.2) is 5.78 Å². The number of ether oxygens (including phenoxy) is 3. The molecule has 0 spiro atoms. The molecule has 3 amide bonds. The van der Waals surface area contributed by atoms with Crippen molar-refractivity contribution < 1.29 is 43.3 Å². The van der Waals surface area contributed by atoms with Gasteiger partial charge in [0.25, 0.3) is 0 Å². The third kappa shape index (κ3) is 19.6. The Kier molecular flexibility index (Phi) is 15.2. The number of ketones is 1. The van der Waals surface area contributed by atoms with E-state index in [1.54, 1.807) is 62.3 Å². The van der Waals surface area contributed by atoms with Gasteiger partial charge in [-0.25, -0.2) is 19.2 Å². The van der Waals surface area contributed by atoms with E-state index in [2.05, 4.69) is 16.0 Å². The van der Waals surface area contributed by atoms with Crippen LogP contribution in [0.25, 0.3) is 0 Å². The summed E-state index contributed by atoms with van der Waals surface area (Å²) in [6.45, 7) is 17.4. The zero-order chi connectivity index (χ0) is 32.1. The number of carbonyl (C=O) groups excluding carboxylic acids is 4. The molecule has 0 aromatic carbocycles. The van der Waals surface area contributed by atoms with Crippen molar-refractivity contribution in [2.24, 2.45) is 0 Å². The topological polar surface area (TPSA) is 169 Å². The molecule has 41 heavy (non-hydrogen) atoms. The quantitative estimate of drug-likeness (QED) is 0.143. The van der Waals surface area contributed by atoms with Crippen molar-refractivity contribution in [1.82, 2.24) is 16.0 Å². The summed E-state index contributed by atoms with van der Waals surface area (Å²) >= 11 is 0. The summed E-state index contributed by atoms with van der Waals surface area (Å²) in [6.07, 6.45) is 1.31. The highest BCUT2D eigenvalue weighted by Crippen LogP contribution is 2.19. The third-order valence-corrected chi connectivity index (χ3v) is 5.52. The van der Waals surface area contributed by atoms with Crippen LogP contribution < -0.4 is 16.0 Å². The number of carbonyl (C=O) groups is 5. The number of aliphatic carboxylic acids is 1. The smallest absolute Gasteiger partial charge is 0.408 e. The van der Waals surface area contributed by atoms with Crippen LogP contribution in [0.3, 0.4) is 0 Å².